The van der Waals surface area contributed by atoms with Crippen molar-refractivity contribution in [3.05, 3.63) is 53.8 Å². The van der Waals surface area contributed by atoms with Gasteiger partial charge in [0.2, 0.25) is 10.0 Å². The number of nitrogens with zero attached hydrogens (tertiary/aromatic N) is 2. The Labute approximate surface area is 181 Å². The Bertz CT molecular complexity index is 1010. The Balaban J connectivity index is 1.47. The standard InChI is InChI=1S/C21H26FN3O5S/c1-29-19-8-3-16(15-20(19)30-2)21(26)23-9-10-24-11-13-25(14-12-24)31(27,28)18-6-4-17(22)5-7-18/h3-8,15H,9-14H2,1-2H3,(H,23,26). The van der Waals surface area contributed by atoms with Crippen molar-refractivity contribution < 1.29 is 27.1 Å². The number of nitrogens with one attached hydrogen (secondary N) is 1. The van der Waals surface area contributed by atoms with Crippen molar-refractivity contribution in [2.24, 2.45) is 0 Å². The molecule has 31 heavy (non-hydrogen) atoms. The van der Waals surface area contributed by atoms with Gasteiger partial charge in [0.25, 0.3) is 5.91 Å². The summed E-state index contributed by atoms with van der Waals surface area (Å²) >= 11 is 0. The number of rotatable bonds is 8. The highest BCUT2D eigenvalue weighted by Gasteiger charge is 2.28. The minimum absolute atomic E-state index is 0.0875. The number of benzene rings is 2. The Hall–Kier alpha value is -2.69. The molecule has 0 bridgehead atoms. The van der Waals surface area contributed by atoms with Crippen LogP contribution in [-0.2, 0) is 10.0 Å². The minimum Gasteiger partial charge on any atom is -0.493 e. The predicted octanol–water partition coefficient (Wildman–Crippen LogP) is 1.58. The Kier molecular flexibility index (Phi) is 7.47. The van der Waals surface area contributed by atoms with Gasteiger partial charge in [-0.1, -0.05) is 0 Å². The average Bonchev–Trinajstić information content (AvgIpc) is 2.79. The minimum atomic E-state index is -3.64. The van der Waals surface area contributed by atoms with Gasteiger partial charge < -0.3 is 14.8 Å². The van der Waals surface area contributed by atoms with Gasteiger partial charge >= 0.3 is 0 Å². The van der Waals surface area contributed by atoms with E-state index >= 15 is 0 Å². The number of halogens is 1. The summed E-state index contributed by atoms with van der Waals surface area (Å²) in [5.41, 5.74) is 0.466. The first-order valence-electron chi connectivity index (χ1n) is 9.83. The summed E-state index contributed by atoms with van der Waals surface area (Å²) in [5.74, 6) is 0.332. The molecule has 8 nitrogen and oxygen atoms in total. The lowest BCUT2D eigenvalue weighted by Gasteiger charge is -2.33. The van der Waals surface area contributed by atoms with E-state index in [1.165, 1.54) is 30.7 Å². The fourth-order valence-electron chi connectivity index (χ4n) is 3.36. The smallest absolute Gasteiger partial charge is 0.251 e. The van der Waals surface area contributed by atoms with Gasteiger partial charge in [0, 0.05) is 44.8 Å². The summed E-state index contributed by atoms with van der Waals surface area (Å²) in [7, 11) is -0.597. The molecule has 1 amide bonds. The molecule has 1 fully saturated rings. The van der Waals surface area contributed by atoms with Crippen LogP contribution in [0.1, 0.15) is 10.4 Å². The molecule has 0 spiro atoms. The van der Waals surface area contributed by atoms with E-state index in [-0.39, 0.29) is 10.8 Å². The first-order valence-corrected chi connectivity index (χ1v) is 11.3. The lowest BCUT2D eigenvalue weighted by molar-refractivity contribution is 0.0944. The zero-order valence-corrected chi connectivity index (χ0v) is 18.3. The maximum absolute atomic E-state index is 13.1. The van der Waals surface area contributed by atoms with Gasteiger partial charge in [-0.3, -0.25) is 9.69 Å². The molecule has 2 aromatic rings. The monoisotopic (exact) mass is 451 g/mol. The number of hydrogen-bond donors (Lipinski definition) is 1. The van der Waals surface area contributed by atoms with Crippen LogP contribution in [-0.4, -0.2) is 77.0 Å². The quantitative estimate of drug-likeness (QED) is 0.656. The molecule has 0 unspecified atom stereocenters. The largest absolute Gasteiger partial charge is 0.493 e. The number of ether oxygens (including phenoxy) is 2. The molecule has 0 saturated carbocycles. The first-order chi connectivity index (χ1) is 14.8. The predicted molar refractivity (Wildman–Crippen MR) is 113 cm³/mol. The molecular weight excluding hydrogens is 425 g/mol. The molecule has 1 aliphatic rings. The lowest BCUT2D eigenvalue weighted by Crippen LogP contribution is -2.50. The molecule has 0 aromatic heterocycles. The molecule has 1 aliphatic heterocycles. The molecule has 2 aromatic carbocycles. The van der Waals surface area contributed by atoms with E-state index in [1.54, 1.807) is 18.2 Å². The summed E-state index contributed by atoms with van der Waals surface area (Å²) in [6, 6.07) is 9.80. The van der Waals surface area contributed by atoms with Gasteiger partial charge in [0.05, 0.1) is 19.1 Å². The van der Waals surface area contributed by atoms with Crippen molar-refractivity contribution in [1.82, 2.24) is 14.5 Å². The molecule has 168 valence electrons. The summed E-state index contributed by atoms with van der Waals surface area (Å²) in [4.78, 5) is 14.6. The van der Waals surface area contributed by atoms with Crippen LogP contribution >= 0.6 is 0 Å². The van der Waals surface area contributed by atoms with Crippen molar-refractivity contribution in [2.75, 3.05) is 53.5 Å². The van der Waals surface area contributed by atoms with Gasteiger partial charge in [-0.2, -0.15) is 4.31 Å². The van der Waals surface area contributed by atoms with E-state index in [0.29, 0.717) is 56.3 Å². The maximum Gasteiger partial charge on any atom is 0.251 e. The number of carbonyl (C=O) groups is 1. The Morgan fingerprint density at radius 1 is 1.00 bits per heavy atom. The van der Waals surface area contributed by atoms with Crippen LogP contribution in [0.15, 0.2) is 47.4 Å². The van der Waals surface area contributed by atoms with E-state index in [0.717, 1.165) is 12.1 Å². The number of carbonyl (C=O) groups excluding carboxylic acids is 1. The second-order valence-corrected chi connectivity index (χ2v) is 8.96. The Morgan fingerprint density at radius 2 is 1.65 bits per heavy atom. The third kappa shape index (κ3) is 5.52. The molecule has 1 saturated heterocycles. The zero-order chi connectivity index (χ0) is 22.4. The molecule has 0 aliphatic carbocycles. The van der Waals surface area contributed by atoms with Crippen molar-refractivity contribution in [2.45, 2.75) is 4.90 Å². The van der Waals surface area contributed by atoms with Crippen molar-refractivity contribution in [3.8, 4) is 11.5 Å². The summed E-state index contributed by atoms with van der Waals surface area (Å²) in [5, 5.41) is 2.86. The van der Waals surface area contributed by atoms with Crippen LogP contribution in [0.5, 0.6) is 11.5 Å². The SMILES string of the molecule is COc1ccc(C(=O)NCCN2CCN(S(=O)(=O)c3ccc(F)cc3)CC2)cc1OC. The van der Waals surface area contributed by atoms with Crippen LogP contribution in [0, 0.1) is 5.82 Å². The fourth-order valence-corrected chi connectivity index (χ4v) is 4.78. The first kappa shape index (κ1) is 23.0. The van der Waals surface area contributed by atoms with Crippen LogP contribution < -0.4 is 14.8 Å². The molecular formula is C21H26FN3O5S. The third-order valence-electron chi connectivity index (χ3n) is 5.14. The summed E-state index contributed by atoms with van der Waals surface area (Å²) < 4.78 is 50.2. The molecule has 10 heteroatoms. The second-order valence-electron chi connectivity index (χ2n) is 7.03. The highest BCUT2D eigenvalue weighted by Crippen LogP contribution is 2.27. The number of sulfonamides is 1. The van der Waals surface area contributed by atoms with Gasteiger partial charge in [0.1, 0.15) is 5.82 Å². The molecule has 0 atom stereocenters. The molecule has 3 rings (SSSR count). The molecule has 0 radical (unpaired) electrons. The van der Waals surface area contributed by atoms with Gasteiger partial charge in [-0.25, -0.2) is 12.8 Å². The van der Waals surface area contributed by atoms with E-state index in [1.807, 2.05) is 0 Å². The number of methoxy groups -OCH3 is 2. The average molecular weight is 452 g/mol. The van der Waals surface area contributed by atoms with E-state index < -0.39 is 15.8 Å². The highest BCUT2D eigenvalue weighted by molar-refractivity contribution is 7.89. The van der Waals surface area contributed by atoms with Crippen LogP contribution in [0.4, 0.5) is 4.39 Å². The van der Waals surface area contributed by atoms with Crippen LogP contribution in [0.25, 0.3) is 0 Å². The van der Waals surface area contributed by atoms with Crippen LogP contribution in [0.2, 0.25) is 0 Å². The normalized spacial score (nSPS) is 15.5. The summed E-state index contributed by atoms with van der Waals surface area (Å²) in [6.45, 7) is 2.80. The topological polar surface area (TPSA) is 88.2 Å². The van der Waals surface area contributed by atoms with E-state index in [2.05, 4.69) is 10.2 Å². The van der Waals surface area contributed by atoms with Crippen molar-refractivity contribution in [1.29, 1.82) is 0 Å². The van der Waals surface area contributed by atoms with E-state index in [9.17, 15) is 17.6 Å². The molecule has 1 N–H and O–H groups in total. The number of amides is 1. The van der Waals surface area contributed by atoms with Gasteiger partial charge in [-0.05, 0) is 42.5 Å². The number of piperazine rings is 1. The maximum atomic E-state index is 13.1. The molecule has 1 heterocycles. The zero-order valence-electron chi connectivity index (χ0n) is 17.5. The number of hydrogen-bond acceptors (Lipinski definition) is 6. The fraction of sp³-hybridized carbons (Fsp3) is 0.381. The van der Waals surface area contributed by atoms with Crippen molar-refractivity contribution >= 4 is 15.9 Å². The van der Waals surface area contributed by atoms with Crippen molar-refractivity contribution in [3.63, 3.8) is 0 Å². The third-order valence-corrected chi connectivity index (χ3v) is 7.05. The van der Waals surface area contributed by atoms with E-state index in [4.69, 9.17) is 9.47 Å². The van der Waals surface area contributed by atoms with Gasteiger partial charge in [-0.15, -0.1) is 0 Å². The van der Waals surface area contributed by atoms with Crippen LogP contribution in [0.3, 0.4) is 0 Å². The van der Waals surface area contributed by atoms with Gasteiger partial charge in [0.15, 0.2) is 11.5 Å². The Morgan fingerprint density at radius 3 is 2.26 bits per heavy atom. The summed E-state index contributed by atoms with van der Waals surface area (Å²) in [6.07, 6.45) is 0. The second kappa shape index (κ2) is 10.1. The highest BCUT2D eigenvalue weighted by atomic mass is 32.2. The lowest BCUT2D eigenvalue weighted by atomic mass is 10.2.